The molecular weight excluding hydrogens is 705 g/mol. The van der Waals surface area contributed by atoms with Gasteiger partial charge < -0.3 is 29.7 Å². The number of ether oxygens (including phenoxy) is 1. The molecule has 10 nitrogen and oxygen atoms in total. The second-order valence-corrected chi connectivity index (χ2v) is 14.4. The molecule has 0 aromatic heterocycles. The van der Waals surface area contributed by atoms with Gasteiger partial charge in [0.05, 0.1) is 5.56 Å². The molecule has 0 radical (unpaired) electrons. The second-order valence-electron chi connectivity index (χ2n) is 13.5. The highest BCUT2D eigenvalue weighted by atomic mass is 79.9. The van der Waals surface area contributed by atoms with Gasteiger partial charge in [-0.15, -0.1) is 0 Å². The summed E-state index contributed by atoms with van der Waals surface area (Å²) in [6.45, 7) is 5.77. The lowest BCUT2D eigenvalue weighted by molar-refractivity contribution is -0.143. The van der Waals surface area contributed by atoms with Crippen molar-refractivity contribution in [2.24, 2.45) is 0 Å². The lowest BCUT2D eigenvalue weighted by atomic mass is 10.0. The van der Waals surface area contributed by atoms with Crippen LogP contribution in [0.4, 0.5) is 28.4 Å². The molecule has 4 aliphatic rings. The summed E-state index contributed by atoms with van der Waals surface area (Å²) in [6, 6.07) is 11.7. The highest BCUT2D eigenvalue weighted by Gasteiger charge is 2.37. The minimum Gasteiger partial charge on any atom is -0.436 e. The third-order valence-corrected chi connectivity index (χ3v) is 11.1. The van der Waals surface area contributed by atoms with Gasteiger partial charge in [0.2, 0.25) is 0 Å². The summed E-state index contributed by atoms with van der Waals surface area (Å²) in [5, 5.41) is 3.00. The van der Waals surface area contributed by atoms with Crippen molar-refractivity contribution < 1.29 is 32.3 Å². The van der Waals surface area contributed by atoms with Crippen LogP contribution in [0.3, 0.4) is 0 Å². The Hall–Kier alpha value is -3.36. The van der Waals surface area contributed by atoms with Crippen molar-refractivity contribution in [1.29, 1.82) is 0 Å². The Kier molecular flexibility index (Phi) is 11.0. The summed E-state index contributed by atoms with van der Waals surface area (Å²) in [5.74, 6) is -0.344. The molecule has 1 unspecified atom stereocenters. The SMILES string of the molecule is CN1CCC(N2CCN(C(=O)C(Cc3ccc(C(F)(F)F)c(Br)c3)OC(=O)N3CCC(N4CCc5ccccc5NC4=O)CC3)CC2)CC1. The number of halogens is 4. The number of piperidine rings is 2. The third kappa shape index (κ3) is 8.51. The normalized spacial score (nSPS) is 21.2. The molecule has 4 amide bonds. The predicted molar refractivity (Wildman–Crippen MR) is 182 cm³/mol. The standard InChI is InChI=1S/C35H44BrF3N6O4/c1-41-13-9-26(10-14-41)42-18-20-43(21-19-42)32(46)31(23-24-6-7-28(29(36)22-24)35(37,38)39)49-34(48)44-15-11-27(12-16-44)45-17-8-25-4-2-3-5-30(25)40-33(45)47/h2-7,22,26-27,31H,8-21,23H2,1H3,(H,40,47). The summed E-state index contributed by atoms with van der Waals surface area (Å²) in [6.07, 6.45) is -2.41. The van der Waals surface area contributed by atoms with Crippen molar-refractivity contribution in [2.45, 2.75) is 62.9 Å². The monoisotopic (exact) mass is 748 g/mol. The van der Waals surface area contributed by atoms with Crippen molar-refractivity contribution >= 4 is 39.6 Å². The van der Waals surface area contributed by atoms with Gasteiger partial charge in [0.25, 0.3) is 5.91 Å². The molecule has 1 atom stereocenters. The molecule has 3 saturated heterocycles. The van der Waals surface area contributed by atoms with Crippen LogP contribution >= 0.6 is 15.9 Å². The maximum Gasteiger partial charge on any atom is 0.417 e. The first-order valence-electron chi connectivity index (χ1n) is 17.1. The number of likely N-dealkylation sites (tertiary alicyclic amines) is 2. The van der Waals surface area contributed by atoms with Crippen LogP contribution in [-0.2, 0) is 28.5 Å². The number of benzene rings is 2. The van der Waals surface area contributed by atoms with Gasteiger partial charge >= 0.3 is 18.3 Å². The number of nitrogens with zero attached hydrogens (tertiary/aromatic N) is 5. The number of amides is 4. The number of alkyl halides is 3. The zero-order chi connectivity index (χ0) is 34.7. The number of nitrogens with one attached hydrogen (secondary N) is 1. The van der Waals surface area contributed by atoms with Crippen molar-refractivity contribution in [1.82, 2.24) is 24.5 Å². The third-order valence-electron chi connectivity index (χ3n) is 10.4. The molecule has 1 N–H and O–H groups in total. The summed E-state index contributed by atoms with van der Waals surface area (Å²) in [7, 11) is 2.12. The van der Waals surface area contributed by atoms with Crippen LogP contribution in [0, 0.1) is 0 Å². The molecule has 0 aliphatic carbocycles. The number of rotatable bonds is 6. The molecule has 2 aromatic rings. The number of urea groups is 1. The van der Waals surface area contributed by atoms with Crippen molar-refractivity contribution in [2.75, 3.05) is 71.3 Å². The van der Waals surface area contributed by atoms with E-state index in [2.05, 4.69) is 38.1 Å². The van der Waals surface area contributed by atoms with Gasteiger partial charge in [0, 0.05) is 74.5 Å². The van der Waals surface area contributed by atoms with Gasteiger partial charge in [0.1, 0.15) is 0 Å². The minimum atomic E-state index is -4.53. The number of hydrogen-bond donors (Lipinski definition) is 1. The maximum atomic E-state index is 13.9. The Bertz CT molecular complexity index is 1500. The largest absolute Gasteiger partial charge is 0.436 e. The number of fused-ring (bicyclic) bond motifs is 1. The van der Waals surface area contributed by atoms with E-state index in [9.17, 15) is 27.6 Å². The second kappa shape index (κ2) is 15.3. The van der Waals surface area contributed by atoms with Crippen molar-refractivity contribution in [3.8, 4) is 0 Å². The lowest BCUT2D eigenvalue weighted by Gasteiger charge is -2.42. The summed E-state index contributed by atoms with van der Waals surface area (Å²) in [5.41, 5.74) is 1.53. The Morgan fingerprint density at radius 3 is 2.24 bits per heavy atom. The van der Waals surface area contributed by atoms with Gasteiger partial charge in [-0.1, -0.05) is 40.2 Å². The first-order chi connectivity index (χ1) is 23.5. The fraction of sp³-hybridized carbons (Fsp3) is 0.571. The van der Waals surface area contributed by atoms with Crippen LogP contribution in [0.15, 0.2) is 46.9 Å². The summed E-state index contributed by atoms with van der Waals surface area (Å²) >= 11 is 3.03. The molecule has 6 rings (SSSR count). The van der Waals surface area contributed by atoms with Crippen LogP contribution < -0.4 is 5.32 Å². The smallest absolute Gasteiger partial charge is 0.417 e. The maximum absolute atomic E-state index is 13.9. The van der Waals surface area contributed by atoms with Gasteiger partial charge in [0.15, 0.2) is 6.10 Å². The van der Waals surface area contributed by atoms with Crippen LogP contribution in [-0.4, -0.2) is 127 Å². The fourth-order valence-electron chi connectivity index (χ4n) is 7.47. The lowest BCUT2D eigenvalue weighted by Crippen LogP contribution is -2.56. The highest BCUT2D eigenvalue weighted by molar-refractivity contribution is 9.10. The van der Waals surface area contributed by atoms with Crippen LogP contribution in [0.25, 0.3) is 0 Å². The van der Waals surface area contributed by atoms with E-state index >= 15 is 0 Å². The Morgan fingerprint density at radius 1 is 0.898 bits per heavy atom. The first kappa shape index (κ1) is 35.5. The van der Waals surface area contributed by atoms with Crippen molar-refractivity contribution in [3.63, 3.8) is 0 Å². The van der Waals surface area contributed by atoms with Crippen molar-refractivity contribution in [3.05, 3.63) is 63.6 Å². The Morgan fingerprint density at radius 2 is 1.57 bits per heavy atom. The molecule has 0 saturated carbocycles. The number of piperazine rings is 1. The molecule has 14 heteroatoms. The zero-order valence-corrected chi connectivity index (χ0v) is 29.3. The Labute approximate surface area is 293 Å². The Balaban J connectivity index is 1.09. The van der Waals surface area contributed by atoms with E-state index in [0.29, 0.717) is 57.2 Å². The fourth-order valence-corrected chi connectivity index (χ4v) is 8.13. The van der Waals surface area contributed by atoms with Crippen LogP contribution in [0.2, 0.25) is 0 Å². The molecule has 3 fully saturated rings. The molecule has 4 aliphatic heterocycles. The van der Waals surface area contributed by atoms with Crippen LogP contribution in [0.5, 0.6) is 0 Å². The van der Waals surface area contributed by atoms with E-state index in [-0.39, 0.29) is 28.9 Å². The molecule has 0 bridgehead atoms. The summed E-state index contributed by atoms with van der Waals surface area (Å²) in [4.78, 5) is 50.4. The predicted octanol–water partition coefficient (Wildman–Crippen LogP) is 5.31. The molecule has 4 heterocycles. The van der Waals surface area contributed by atoms with Gasteiger partial charge in [-0.2, -0.15) is 13.2 Å². The van der Waals surface area contributed by atoms with Gasteiger partial charge in [-0.05, 0) is 81.6 Å². The van der Waals surface area contributed by atoms with Crippen LogP contribution in [0.1, 0.15) is 42.4 Å². The van der Waals surface area contributed by atoms with E-state index in [4.69, 9.17) is 4.74 Å². The number of carbonyl (C=O) groups is 3. The molecular formula is C35H44BrF3N6O4. The molecule has 49 heavy (non-hydrogen) atoms. The molecule has 0 spiro atoms. The highest BCUT2D eigenvalue weighted by Crippen LogP contribution is 2.35. The number of hydrogen-bond acceptors (Lipinski definition) is 6. The average Bonchev–Trinajstić information content (AvgIpc) is 3.25. The quantitative estimate of drug-likeness (QED) is 0.431. The number of anilines is 1. The van der Waals surface area contributed by atoms with E-state index in [1.807, 2.05) is 29.2 Å². The molecule has 266 valence electrons. The van der Waals surface area contributed by atoms with E-state index in [1.165, 1.54) is 12.1 Å². The molecule has 2 aromatic carbocycles. The van der Waals surface area contributed by atoms with E-state index in [1.54, 1.807) is 9.80 Å². The number of carbonyl (C=O) groups excluding carboxylic acids is 3. The minimum absolute atomic E-state index is 0.0541. The van der Waals surface area contributed by atoms with E-state index < -0.39 is 23.9 Å². The number of para-hydroxylation sites is 1. The summed E-state index contributed by atoms with van der Waals surface area (Å²) < 4.78 is 46.1. The zero-order valence-electron chi connectivity index (χ0n) is 27.8. The van der Waals surface area contributed by atoms with Gasteiger partial charge in [-0.25, -0.2) is 9.59 Å². The topological polar surface area (TPSA) is 88.7 Å². The van der Waals surface area contributed by atoms with Gasteiger partial charge in [-0.3, -0.25) is 9.69 Å². The first-order valence-corrected chi connectivity index (χ1v) is 17.9. The van der Waals surface area contributed by atoms with E-state index in [0.717, 1.165) is 62.8 Å². The average molecular weight is 750 g/mol.